The molecule has 1 saturated carbocycles. The van der Waals surface area contributed by atoms with E-state index in [0.717, 1.165) is 0 Å². The summed E-state index contributed by atoms with van der Waals surface area (Å²) in [6.45, 7) is 1.31. The summed E-state index contributed by atoms with van der Waals surface area (Å²) in [5.41, 5.74) is 0. The molecule has 5 heteroatoms. The van der Waals surface area contributed by atoms with Crippen LogP contribution in [0.3, 0.4) is 0 Å². The molecule has 1 aliphatic heterocycles. The van der Waals surface area contributed by atoms with Gasteiger partial charge in [0, 0.05) is 13.1 Å². The molecule has 76 valence electrons. The fourth-order valence-electron chi connectivity index (χ4n) is 2.57. The summed E-state index contributed by atoms with van der Waals surface area (Å²) in [5.74, 6) is 1.15. The number of fused-ring (bicyclic) bond motifs is 1. The second-order valence-electron chi connectivity index (χ2n) is 4.17. The van der Waals surface area contributed by atoms with Gasteiger partial charge in [0.05, 0.1) is 0 Å². The third-order valence-electron chi connectivity index (χ3n) is 3.30. The highest BCUT2D eigenvalue weighted by molar-refractivity contribution is 7.86. The van der Waals surface area contributed by atoms with Gasteiger partial charge in [0.25, 0.3) is 10.2 Å². The molecule has 1 saturated heterocycles. The Labute approximate surface area is 79.3 Å². The van der Waals surface area contributed by atoms with E-state index in [1.165, 1.54) is 30.0 Å². The maximum absolute atomic E-state index is 11.1. The van der Waals surface area contributed by atoms with Gasteiger partial charge in [-0.1, -0.05) is 12.8 Å². The van der Waals surface area contributed by atoms with E-state index >= 15 is 0 Å². The first kappa shape index (κ1) is 9.43. The van der Waals surface area contributed by atoms with Gasteiger partial charge in [0.1, 0.15) is 0 Å². The summed E-state index contributed by atoms with van der Waals surface area (Å²) >= 11 is 0. The third kappa shape index (κ3) is 1.87. The quantitative estimate of drug-likeness (QED) is 0.668. The van der Waals surface area contributed by atoms with Crippen LogP contribution >= 0.6 is 0 Å². The number of rotatable bonds is 1. The lowest BCUT2D eigenvalue weighted by molar-refractivity contribution is 0.299. The molecular weight excluding hydrogens is 188 g/mol. The van der Waals surface area contributed by atoms with E-state index in [2.05, 4.69) is 0 Å². The number of nitrogens with two attached hydrogens (primary N) is 1. The molecule has 0 radical (unpaired) electrons. The van der Waals surface area contributed by atoms with Crippen LogP contribution in [0.1, 0.15) is 25.7 Å². The molecule has 2 atom stereocenters. The second-order valence-corrected chi connectivity index (χ2v) is 5.71. The van der Waals surface area contributed by atoms with Gasteiger partial charge in [-0.3, -0.25) is 0 Å². The fourth-order valence-corrected chi connectivity index (χ4v) is 3.37. The van der Waals surface area contributed by atoms with Crippen molar-refractivity contribution in [3.8, 4) is 0 Å². The van der Waals surface area contributed by atoms with E-state index in [9.17, 15) is 8.42 Å². The summed E-state index contributed by atoms with van der Waals surface area (Å²) in [5, 5.41) is 5.09. The Morgan fingerprint density at radius 3 is 1.92 bits per heavy atom. The highest BCUT2D eigenvalue weighted by Crippen LogP contribution is 2.36. The molecule has 0 aromatic heterocycles. The SMILES string of the molecule is NS(=O)(=O)N1CC2CCCCC2C1. The lowest BCUT2D eigenvalue weighted by Crippen LogP contribution is -2.34. The van der Waals surface area contributed by atoms with Crippen LogP contribution in [0.2, 0.25) is 0 Å². The fraction of sp³-hybridized carbons (Fsp3) is 1.00. The van der Waals surface area contributed by atoms with Gasteiger partial charge in [-0.2, -0.15) is 12.7 Å². The highest BCUT2D eigenvalue weighted by atomic mass is 32.2. The molecule has 2 aliphatic rings. The van der Waals surface area contributed by atoms with Gasteiger partial charge < -0.3 is 0 Å². The summed E-state index contributed by atoms with van der Waals surface area (Å²) in [6.07, 6.45) is 4.85. The molecule has 2 unspecified atom stereocenters. The predicted octanol–water partition coefficient (Wildman–Crippen LogP) is 0.312. The first-order chi connectivity index (χ1) is 6.07. The zero-order chi connectivity index (χ0) is 9.47. The number of hydrogen-bond acceptors (Lipinski definition) is 2. The van der Waals surface area contributed by atoms with Gasteiger partial charge in [-0.15, -0.1) is 0 Å². The minimum Gasteiger partial charge on any atom is -0.216 e. The van der Waals surface area contributed by atoms with Crippen molar-refractivity contribution in [3.63, 3.8) is 0 Å². The molecule has 2 fully saturated rings. The first-order valence-corrected chi connectivity index (χ1v) is 6.35. The summed E-state index contributed by atoms with van der Waals surface area (Å²) in [6, 6.07) is 0. The van der Waals surface area contributed by atoms with Crippen LogP contribution < -0.4 is 5.14 Å². The Balaban J connectivity index is 2.07. The first-order valence-electron chi connectivity index (χ1n) is 4.85. The van der Waals surface area contributed by atoms with Gasteiger partial charge in [-0.25, -0.2) is 5.14 Å². The average Bonchev–Trinajstić information content (AvgIpc) is 2.45. The Bertz CT molecular complexity index is 275. The molecule has 1 aliphatic carbocycles. The second kappa shape index (κ2) is 3.22. The van der Waals surface area contributed by atoms with Crippen molar-refractivity contribution in [3.05, 3.63) is 0 Å². The normalized spacial score (nSPS) is 36.1. The van der Waals surface area contributed by atoms with Gasteiger partial charge in [-0.05, 0) is 24.7 Å². The standard InChI is InChI=1S/C8H16N2O2S/c9-13(11,12)10-5-7-3-1-2-4-8(7)6-10/h7-8H,1-6H2,(H2,9,11,12). The number of hydrogen-bond donors (Lipinski definition) is 1. The minimum absolute atomic E-state index is 0.576. The van der Waals surface area contributed by atoms with Crippen molar-refractivity contribution in [1.82, 2.24) is 4.31 Å². The van der Waals surface area contributed by atoms with E-state index in [1.54, 1.807) is 0 Å². The molecule has 4 nitrogen and oxygen atoms in total. The average molecular weight is 204 g/mol. The summed E-state index contributed by atoms with van der Waals surface area (Å²) in [4.78, 5) is 0. The lowest BCUT2D eigenvalue weighted by atomic mass is 9.82. The lowest BCUT2D eigenvalue weighted by Gasteiger charge is -2.22. The van der Waals surface area contributed by atoms with Crippen LogP contribution in [0.25, 0.3) is 0 Å². The summed E-state index contributed by atoms with van der Waals surface area (Å²) < 4.78 is 23.6. The van der Waals surface area contributed by atoms with Crippen molar-refractivity contribution < 1.29 is 8.42 Å². The smallest absolute Gasteiger partial charge is 0.216 e. The largest absolute Gasteiger partial charge is 0.276 e. The van der Waals surface area contributed by atoms with E-state index in [-0.39, 0.29) is 0 Å². The molecule has 0 amide bonds. The van der Waals surface area contributed by atoms with E-state index in [4.69, 9.17) is 5.14 Å². The van der Waals surface area contributed by atoms with Gasteiger partial charge >= 0.3 is 0 Å². The molecule has 13 heavy (non-hydrogen) atoms. The molecule has 0 aromatic carbocycles. The topological polar surface area (TPSA) is 63.4 Å². The zero-order valence-electron chi connectivity index (χ0n) is 7.65. The molecule has 2 N–H and O–H groups in total. The van der Waals surface area contributed by atoms with Crippen LogP contribution in [0.4, 0.5) is 0 Å². The molecule has 0 spiro atoms. The number of nitrogens with zero attached hydrogens (tertiary/aromatic N) is 1. The predicted molar refractivity (Wildman–Crippen MR) is 50.1 cm³/mol. The maximum atomic E-state index is 11.1. The Kier molecular flexibility index (Phi) is 2.33. The maximum Gasteiger partial charge on any atom is 0.276 e. The third-order valence-corrected chi connectivity index (χ3v) is 4.32. The van der Waals surface area contributed by atoms with Crippen molar-refractivity contribution in [2.75, 3.05) is 13.1 Å². The van der Waals surface area contributed by atoms with Gasteiger partial charge in [0.15, 0.2) is 0 Å². The van der Waals surface area contributed by atoms with Crippen molar-refractivity contribution in [2.24, 2.45) is 17.0 Å². The Morgan fingerprint density at radius 1 is 1.08 bits per heavy atom. The zero-order valence-corrected chi connectivity index (χ0v) is 8.46. The Morgan fingerprint density at radius 2 is 1.54 bits per heavy atom. The van der Waals surface area contributed by atoms with Crippen LogP contribution in [-0.4, -0.2) is 25.8 Å². The molecular formula is C8H16N2O2S. The monoisotopic (exact) mass is 204 g/mol. The molecule has 1 heterocycles. The van der Waals surface area contributed by atoms with E-state index in [1.807, 2.05) is 0 Å². The van der Waals surface area contributed by atoms with E-state index < -0.39 is 10.2 Å². The Hall–Kier alpha value is -0.130. The highest BCUT2D eigenvalue weighted by Gasteiger charge is 2.38. The van der Waals surface area contributed by atoms with Crippen LogP contribution in [0, 0.1) is 11.8 Å². The molecule has 2 rings (SSSR count). The van der Waals surface area contributed by atoms with Crippen molar-refractivity contribution in [2.45, 2.75) is 25.7 Å². The van der Waals surface area contributed by atoms with Crippen molar-refractivity contribution in [1.29, 1.82) is 0 Å². The van der Waals surface area contributed by atoms with Gasteiger partial charge in [0.2, 0.25) is 0 Å². The molecule has 0 aromatic rings. The van der Waals surface area contributed by atoms with Crippen LogP contribution in [0.5, 0.6) is 0 Å². The minimum atomic E-state index is -3.43. The van der Waals surface area contributed by atoms with Crippen LogP contribution in [0.15, 0.2) is 0 Å². The summed E-state index contributed by atoms with van der Waals surface area (Å²) in [7, 11) is -3.43. The van der Waals surface area contributed by atoms with Crippen LogP contribution in [-0.2, 0) is 10.2 Å². The van der Waals surface area contributed by atoms with E-state index in [0.29, 0.717) is 24.9 Å². The molecule has 0 bridgehead atoms. The van der Waals surface area contributed by atoms with Crippen molar-refractivity contribution >= 4 is 10.2 Å².